The second-order valence-corrected chi connectivity index (χ2v) is 6.12. The lowest BCUT2D eigenvalue weighted by Crippen LogP contribution is -2.36. The number of morpholine rings is 1. The molecule has 0 unspecified atom stereocenters. The zero-order valence-electron chi connectivity index (χ0n) is 14.9. The number of hydrogen-bond donors (Lipinski definition) is 1. The van der Waals surface area contributed by atoms with E-state index in [0.717, 1.165) is 55.7 Å². The van der Waals surface area contributed by atoms with Gasteiger partial charge in [-0.2, -0.15) is 0 Å². The van der Waals surface area contributed by atoms with Gasteiger partial charge in [0.25, 0.3) is 0 Å². The van der Waals surface area contributed by atoms with Crippen LogP contribution < -0.4 is 10.2 Å². The largest absolute Gasteiger partial charge is 0.378 e. The normalized spacial score (nSPS) is 14.3. The Hall–Kier alpha value is -2.31. The molecule has 1 aliphatic heterocycles. The number of aromatic nitrogens is 3. The second kappa shape index (κ2) is 8.38. The molecule has 0 aliphatic carbocycles. The number of benzene rings is 1. The summed E-state index contributed by atoms with van der Waals surface area (Å²) in [4.78, 5) is 11.6. The Morgan fingerprint density at radius 1 is 1.12 bits per heavy atom. The lowest BCUT2D eigenvalue weighted by Gasteiger charge is -2.28. The third kappa shape index (κ3) is 3.76. The van der Waals surface area contributed by atoms with Crippen molar-refractivity contribution in [2.45, 2.75) is 20.0 Å². The first-order valence-electron chi connectivity index (χ1n) is 8.82. The first-order valence-corrected chi connectivity index (χ1v) is 8.82. The molecule has 1 aromatic carbocycles. The molecule has 1 aliphatic rings. The van der Waals surface area contributed by atoms with E-state index in [2.05, 4.69) is 51.0 Å². The number of ether oxygens (including phenoxy) is 1. The van der Waals surface area contributed by atoms with Crippen molar-refractivity contribution in [3.8, 4) is 0 Å². The molecular weight excluding hydrogens is 350 g/mol. The highest BCUT2D eigenvalue weighted by Crippen LogP contribution is 2.19. The SMILES string of the molecule is CCn1c(CNc2ccc(N3CCOCC3)cn2)nc2ccccc21.Cl. The number of anilines is 2. The van der Waals surface area contributed by atoms with Crippen molar-refractivity contribution in [3.63, 3.8) is 0 Å². The molecule has 7 heteroatoms. The number of pyridine rings is 1. The van der Waals surface area contributed by atoms with Crippen LogP contribution in [0, 0.1) is 0 Å². The summed E-state index contributed by atoms with van der Waals surface area (Å²) in [7, 11) is 0. The number of hydrogen-bond acceptors (Lipinski definition) is 5. The van der Waals surface area contributed by atoms with Crippen LogP contribution in [0.4, 0.5) is 11.5 Å². The van der Waals surface area contributed by atoms with E-state index in [-0.39, 0.29) is 12.4 Å². The topological polar surface area (TPSA) is 55.2 Å². The first-order chi connectivity index (χ1) is 12.3. The van der Waals surface area contributed by atoms with Gasteiger partial charge < -0.3 is 19.5 Å². The number of imidazole rings is 1. The highest BCUT2D eigenvalue weighted by molar-refractivity contribution is 5.85. The van der Waals surface area contributed by atoms with E-state index >= 15 is 0 Å². The second-order valence-electron chi connectivity index (χ2n) is 6.12. The predicted octanol–water partition coefficient (Wildman–Crippen LogP) is 3.32. The Morgan fingerprint density at radius 3 is 2.65 bits per heavy atom. The molecule has 4 rings (SSSR count). The van der Waals surface area contributed by atoms with Crippen molar-refractivity contribution < 1.29 is 4.74 Å². The number of aryl methyl sites for hydroxylation is 1. The van der Waals surface area contributed by atoms with Crippen LogP contribution in [0.3, 0.4) is 0 Å². The third-order valence-corrected chi connectivity index (χ3v) is 4.60. The van der Waals surface area contributed by atoms with Gasteiger partial charge in [-0.25, -0.2) is 9.97 Å². The summed E-state index contributed by atoms with van der Waals surface area (Å²) in [5, 5.41) is 3.39. The molecule has 26 heavy (non-hydrogen) atoms. The van der Waals surface area contributed by atoms with Gasteiger partial charge in [0.2, 0.25) is 0 Å². The maximum atomic E-state index is 5.40. The number of nitrogens with zero attached hydrogens (tertiary/aromatic N) is 4. The number of para-hydroxylation sites is 2. The summed E-state index contributed by atoms with van der Waals surface area (Å²) >= 11 is 0. The quantitative estimate of drug-likeness (QED) is 0.743. The van der Waals surface area contributed by atoms with Crippen LogP contribution >= 0.6 is 12.4 Å². The van der Waals surface area contributed by atoms with Gasteiger partial charge in [-0.1, -0.05) is 12.1 Å². The maximum absolute atomic E-state index is 5.40. The lowest BCUT2D eigenvalue weighted by atomic mass is 10.3. The fourth-order valence-electron chi connectivity index (χ4n) is 3.28. The van der Waals surface area contributed by atoms with Crippen LogP contribution in [0.1, 0.15) is 12.7 Å². The van der Waals surface area contributed by atoms with Gasteiger partial charge in [0, 0.05) is 19.6 Å². The molecule has 3 heterocycles. The predicted molar refractivity (Wildman–Crippen MR) is 107 cm³/mol. The molecule has 1 N–H and O–H groups in total. The van der Waals surface area contributed by atoms with E-state index in [1.54, 1.807) is 0 Å². The summed E-state index contributed by atoms with van der Waals surface area (Å²) in [6, 6.07) is 12.4. The standard InChI is InChI=1S/C19H23N5O.ClH/c1-2-24-17-6-4-3-5-16(17)22-19(24)14-21-18-8-7-15(13-20-18)23-9-11-25-12-10-23;/h3-8,13H,2,9-12,14H2,1H3,(H,20,21);1H. The minimum absolute atomic E-state index is 0. The van der Waals surface area contributed by atoms with Crippen LogP contribution in [0.25, 0.3) is 11.0 Å². The van der Waals surface area contributed by atoms with Crippen molar-refractivity contribution in [2.75, 3.05) is 36.5 Å². The average Bonchev–Trinajstić information content (AvgIpc) is 3.05. The van der Waals surface area contributed by atoms with Crippen molar-refractivity contribution >= 4 is 34.9 Å². The van der Waals surface area contributed by atoms with Crippen molar-refractivity contribution in [1.82, 2.24) is 14.5 Å². The van der Waals surface area contributed by atoms with E-state index < -0.39 is 0 Å². The first kappa shape index (κ1) is 18.5. The number of halogens is 1. The van der Waals surface area contributed by atoms with E-state index in [1.807, 2.05) is 18.3 Å². The number of nitrogens with one attached hydrogen (secondary N) is 1. The van der Waals surface area contributed by atoms with Gasteiger partial charge in [-0.3, -0.25) is 0 Å². The molecule has 2 aromatic heterocycles. The van der Waals surface area contributed by atoms with Crippen molar-refractivity contribution in [3.05, 3.63) is 48.4 Å². The van der Waals surface area contributed by atoms with Gasteiger partial charge in [0.15, 0.2) is 0 Å². The molecule has 0 saturated carbocycles. The average molecular weight is 374 g/mol. The summed E-state index contributed by atoms with van der Waals surface area (Å²) in [5.41, 5.74) is 3.36. The molecule has 6 nitrogen and oxygen atoms in total. The van der Waals surface area contributed by atoms with Gasteiger partial charge in [-0.15, -0.1) is 12.4 Å². The Bertz CT molecular complexity index is 843. The molecule has 0 spiro atoms. The zero-order chi connectivity index (χ0) is 17.1. The fourth-order valence-corrected chi connectivity index (χ4v) is 3.28. The molecule has 138 valence electrons. The Kier molecular flexibility index (Phi) is 5.96. The van der Waals surface area contributed by atoms with Crippen LogP contribution in [0.2, 0.25) is 0 Å². The Morgan fingerprint density at radius 2 is 1.92 bits per heavy atom. The zero-order valence-corrected chi connectivity index (χ0v) is 15.7. The monoisotopic (exact) mass is 373 g/mol. The molecule has 1 fully saturated rings. The highest BCUT2D eigenvalue weighted by Gasteiger charge is 2.12. The van der Waals surface area contributed by atoms with Crippen LogP contribution in [0.5, 0.6) is 0 Å². The van der Waals surface area contributed by atoms with Gasteiger partial charge in [-0.05, 0) is 31.2 Å². The van der Waals surface area contributed by atoms with Crippen LogP contribution in [-0.4, -0.2) is 40.8 Å². The minimum atomic E-state index is 0. The molecule has 0 radical (unpaired) electrons. The molecule has 0 amide bonds. The van der Waals surface area contributed by atoms with E-state index in [4.69, 9.17) is 9.72 Å². The Balaban J connectivity index is 0.00000196. The lowest BCUT2D eigenvalue weighted by molar-refractivity contribution is 0.122. The number of rotatable bonds is 5. The Labute approximate surface area is 159 Å². The molecule has 0 atom stereocenters. The summed E-state index contributed by atoms with van der Waals surface area (Å²) in [5.74, 6) is 1.90. The van der Waals surface area contributed by atoms with Crippen LogP contribution in [0.15, 0.2) is 42.6 Å². The van der Waals surface area contributed by atoms with E-state index in [9.17, 15) is 0 Å². The summed E-state index contributed by atoms with van der Waals surface area (Å²) in [6.45, 7) is 7.13. The summed E-state index contributed by atoms with van der Waals surface area (Å²) in [6.07, 6.45) is 1.93. The van der Waals surface area contributed by atoms with Gasteiger partial charge in [0.1, 0.15) is 11.6 Å². The minimum Gasteiger partial charge on any atom is -0.378 e. The molecule has 3 aromatic rings. The smallest absolute Gasteiger partial charge is 0.129 e. The van der Waals surface area contributed by atoms with Crippen molar-refractivity contribution in [2.24, 2.45) is 0 Å². The van der Waals surface area contributed by atoms with E-state index in [1.165, 1.54) is 5.52 Å². The highest BCUT2D eigenvalue weighted by atomic mass is 35.5. The van der Waals surface area contributed by atoms with Gasteiger partial charge in [0.05, 0.1) is 42.7 Å². The molecule has 0 bridgehead atoms. The molecule has 1 saturated heterocycles. The molecular formula is C19H24ClN5O. The third-order valence-electron chi connectivity index (χ3n) is 4.60. The van der Waals surface area contributed by atoms with Crippen LogP contribution in [-0.2, 0) is 17.8 Å². The maximum Gasteiger partial charge on any atom is 0.129 e. The number of fused-ring (bicyclic) bond motifs is 1. The van der Waals surface area contributed by atoms with Gasteiger partial charge >= 0.3 is 0 Å². The summed E-state index contributed by atoms with van der Waals surface area (Å²) < 4.78 is 7.64. The van der Waals surface area contributed by atoms with E-state index in [0.29, 0.717) is 6.54 Å². The fraction of sp³-hybridized carbons (Fsp3) is 0.368. The van der Waals surface area contributed by atoms with Crippen molar-refractivity contribution in [1.29, 1.82) is 0 Å².